The average molecular weight is 468 g/mol. The van der Waals surface area contributed by atoms with Crippen LogP contribution in [-0.2, 0) is 14.3 Å². The molecule has 5 rings (SSSR count). The van der Waals surface area contributed by atoms with E-state index in [1.165, 1.54) is 11.0 Å². The van der Waals surface area contributed by atoms with E-state index in [2.05, 4.69) is 25.4 Å². The number of aliphatic hydroxyl groups excluding tert-OH is 1. The summed E-state index contributed by atoms with van der Waals surface area (Å²) < 4.78 is 6.60. The number of hydrogen-bond acceptors (Lipinski definition) is 9. The second-order valence-electron chi connectivity index (χ2n) is 9.43. The van der Waals surface area contributed by atoms with E-state index in [0.29, 0.717) is 17.9 Å². The molecule has 34 heavy (non-hydrogen) atoms. The molecule has 1 amide bonds. The second kappa shape index (κ2) is 8.88. The normalized spacial score (nSPS) is 26.1. The standard InChI is InChI=1S/C23H29N7O4/c1-15-19(13-34-21(15)32)29-10-9-23(22(29)33)7-5-17(6-8-23)28(2)18(12-31)16-3-4-20(24-11-16)30-14-25-26-27-30/h3-4,11,14,17-18,31H,5-10,12-13H2,1-2H3/t17-,18-,23+/m1/s1. The third-order valence-electron chi connectivity index (χ3n) is 7.81. The average Bonchev–Trinajstić information content (AvgIpc) is 3.58. The lowest BCUT2D eigenvalue weighted by Gasteiger charge is -2.42. The molecule has 11 nitrogen and oxygen atoms in total. The molecule has 1 aliphatic carbocycles. The van der Waals surface area contributed by atoms with E-state index in [9.17, 15) is 14.7 Å². The van der Waals surface area contributed by atoms with Crippen LogP contribution in [0.2, 0.25) is 0 Å². The molecule has 2 aromatic heterocycles. The zero-order chi connectivity index (χ0) is 23.9. The zero-order valence-electron chi connectivity index (χ0n) is 19.4. The number of amides is 1. The number of ether oxygens (including phenoxy) is 1. The highest BCUT2D eigenvalue weighted by atomic mass is 16.5. The van der Waals surface area contributed by atoms with Gasteiger partial charge in [-0.05, 0) is 68.1 Å². The SMILES string of the molecule is CC1=C(N2CC[C@]3(CC[C@H](N(C)[C@H](CO)c4ccc(-n5cnnn5)nc4)CC3)C2=O)COC1=O. The molecule has 0 radical (unpaired) electrons. The molecule has 3 aliphatic rings. The summed E-state index contributed by atoms with van der Waals surface area (Å²) in [5.41, 5.74) is 1.83. The lowest BCUT2D eigenvalue weighted by atomic mass is 9.71. The molecule has 1 saturated carbocycles. The summed E-state index contributed by atoms with van der Waals surface area (Å²) in [6.07, 6.45) is 7.38. The Labute approximate surface area is 197 Å². The monoisotopic (exact) mass is 467 g/mol. The molecule has 0 unspecified atom stereocenters. The first-order chi connectivity index (χ1) is 16.4. The van der Waals surface area contributed by atoms with Crippen LogP contribution in [0.3, 0.4) is 0 Å². The maximum atomic E-state index is 13.4. The highest BCUT2D eigenvalue weighted by Gasteiger charge is 2.50. The second-order valence-corrected chi connectivity index (χ2v) is 9.43. The largest absolute Gasteiger partial charge is 0.456 e. The number of aromatic nitrogens is 5. The predicted molar refractivity (Wildman–Crippen MR) is 119 cm³/mol. The number of likely N-dealkylation sites (tertiary alicyclic amines) is 1. The molecule has 2 fully saturated rings. The Bertz CT molecular complexity index is 1090. The van der Waals surface area contributed by atoms with Gasteiger partial charge in [0.25, 0.3) is 0 Å². The molecule has 4 heterocycles. The van der Waals surface area contributed by atoms with Crippen LogP contribution in [-0.4, -0.2) is 84.8 Å². The van der Waals surface area contributed by atoms with Crippen LogP contribution in [0.15, 0.2) is 35.9 Å². The van der Waals surface area contributed by atoms with Gasteiger partial charge in [-0.3, -0.25) is 9.69 Å². The Balaban J connectivity index is 1.24. The first-order valence-corrected chi connectivity index (χ1v) is 11.6. The number of hydrogen-bond donors (Lipinski definition) is 1. The van der Waals surface area contributed by atoms with Crippen LogP contribution in [0.1, 0.15) is 50.6 Å². The summed E-state index contributed by atoms with van der Waals surface area (Å²) in [6.45, 7) is 2.53. The van der Waals surface area contributed by atoms with Gasteiger partial charge < -0.3 is 14.7 Å². The van der Waals surface area contributed by atoms with E-state index in [0.717, 1.165) is 43.4 Å². The van der Waals surface area contributed by atoms with Gasteiger partial charge in [0.05, 0.1) is 29.3 Å². The first-order valence-electron chi connectivity index (χ1n) is 11.6. The van der Waals surface area contributed by atoms with Crippen molar-refractivity contribution in [1.82, 2.24) is 35.0 Å². The Morgan fingerprint density at radius 1 is 1.26 bits per heavy atom. The minimum Gasteiger partial charge on any atom is -0.456 e. The van der Waals surface area contributed by atoms with Crippen LogP contribution in [0.4, 0.5) is 0 Å². The first kappa shape index (κ1) is 22.6. The highest BCUT2D eigenvalue weighted by Crippen LogP contribution is 2.47. The fourth-order valence-electron chi connectivity index (χ4n) is 5.57. The van der Waals surface area contributed by atoms with Crippen LogP contribution in [0.5, 0.6) is 0 Å². The molecule has 2 aromatic rings. The topological polar surface area (TPSA) is 127 Å². The van der Waals surface area contributed by atoms with E-state index in [1.54, 1.807) is 18.0 Å². The van der Waals surface area contributed by atoms with Crippen LogP contribution >= 0.6 is 0 Å². The predicted octanol–water partition coefficient (Wildman–Crippen LogP) is 1.01. The number of likely N-dealkylation sites (N-methyl/N-ethyl adjacent to an activating group) is 1. The van der Waals surface area contributed by atoms with Crippen LogP contribution in [0, 0.1) is 5.41 Å². The third-order valence-corrected chi connectivity index (χ3v) is 7.81. The van der Waals surface area contributed by atoms with Gasteiger partial charge in [-0.15, -0.1) is 5.10 Å². The van der Waals surface area contributed by atoms with Crippen LogP contribution < -0.4 is 0 Å². The molecule has 1 saturated heterocycles. The number of esters is 1. The van der Waals surface area contributed by atoms with Crippen molar-refractivity contribution in [2.75, 3.05) is 26.8 Å². The fourth-order valence-corrected chi connectivity index (χ4v) is 5.57. The van der Waals surface area contributed by atoms with E-state index in [4.69, 9.17) is 4.74 Å². The van der Waals surface area contributed by atoms with Crippen molar-refractivity contribution in [3.05, 3.63) is 41.5 Å². The molecule has 0 aromatic carbocycles. The molecule has 180 valence electrons. The Hall–Kier alpha value is -3.18. The quantitative estimate of drug-likeness (QED) is 0.619. The van der Waals surface area contributed by atoms with Gasteiger partial charge in [0, 0.05) is 18.8 Å². The van der Waals surface area contributed by atoms with E-state index < -0.39 is 0 Å². The van der Waals surface area contributed by atoms with Gasteiger partial charge in [-0.2, -0.15) is 4.68 Å². The highest BCUT2D eigenvalue weighted by molar-refractivity contribution is 5.94. The number of carbonyl (C=O) groups is 2. The Morgan fingerprint density at radius 2 is 2.06 bits per heavy atom. The third kappa shape index (κ3) is 3.78. The summed E-state index contributed by atoms with van der Waals surface area (Å²) in [7, 11) is 2.03. The minimum atomic E-state index is -0.361. The number of tetrazole rings is 1. The molecular formula is C23H29N7O4. The summed E-state index contributed by atoms with van der Waals surface area (Å²) >= 11 is 0. The maximum absolute atomic E-state index is 13.4. The van der Waals surface area contributed by atoms with E-state index in [1.807, 2.05) is 19.2 Å². The van der Waals surface area contributed by atoms with Crippen molar-refractivity contribution >= 4 is 11.9 Å². The van der Waals surface area contributed by atoms with Gasteiger partial charge >= 0.3 is 5.97 Å². The number of carbonyl (C=O) groups excluding carboxylic acids is 2. The molecule has 2 aliphatic heterocycles. The van der Waals surface area contributed by atoms with Gasteiger partial charge in [0.2, 0.25) is 5.91 Å². The number of aliphatic hydroxyl groups is 1. The van der Waals surface area contributed by atoms with Crippen molar-refractivity contribution in [1.29, 1.82) is 0 Å². The Kier molecular flexibility index (Phi) is 5.90. The van der Waals surface area contributed by atoms with Crippen molar-refractivity contribution < 1.29 is 19.4 Å². The van der Waals surface area contributed by atoms with Crippen molar-refractivity contribution in [3.63, 3.8) is 0 Å². The number of rotatable bonds is 6. The lowest BCUT2D eigenvalue weighted by molar-refractivity contribution is -0.138. The molecule has 1 spiro atoms. The summed E-state index contributed by atoms with van der Waals surface area (Å²) in [4.78, 5) is 33.6. The summed E-state index contributed by atoms with van der Waals surface area (Å²) in [6, 6.07) is 3.82. The fraction of sp³-hybridized carbons (Fsp3) is 0.565. The van der Waals surface area contributed by atoms with Gasteiger partial charge in [0.1, 0.15) is 12.9 Å². The van der Waals surface area contributed by atoms with Crippen LogP contribution in [0.25, 0.3) is 5.82 Å². The number of nitrogens with zero attached hydrogens (tertiary/aromatic N) is 7. The zero-order valence-corrected chi connectivity index (χ0v) is 19.4. The lowest BCUT2D eigenvalue weighted by Crippen LogP contribution is -2.44. The van der Waals surface area contributed by atoms with Crippen molar-refractivity contribution in [3.8, 4) is 5.82 Å². The van der Waals surface area contributed by atoms with Crippen molar-refractivity contribution in [2.45, 2.75) is 51.1 Å². The molecular weight excluding hydrogens is 438 g/mol. The van der Waals surface area contributed by atoms with Gasteiger partial charge in [0.15, 0.2) is 5.82 Å². The number of cyclic esters (lactones) is 1. The molecule has 11 heteroatoms. The number of pyridine rings is 1. The summed E-state index contributed by atoms with van der Waals surface area (Å²) in [5, 5.41) is 21.3. The van der Waals surface area contributed by atoms with E-state index in [-0.39, 0.29) is 42.6 Å². The molecule has 1 N–H and O–H groups in total. The van der Waals surface area contributed by atoms with Gasteiger partial charge in [-0.1, -0.05) is 6.07 Å². The molecule has 1 atom stereocenters. The summed E-state index contributed by atoms with van der Waals surface area (Å²) in [5.74, 6) is 0.406. The smallest absolute Gasteiger partial charge is 0.336 e. The maximum Gasteiger partial charge on any atom is 0.336 e. The van der Waals surface area contributed by atoms with Crippen molar-refractivity contribution in [2.24, 2.45) is 5.41 Å². The van der Waals surface area contributed by atoms with Gasteiger partial charge in [-0.25, -0.2) is 9.78 Å². The van der Waals surface area contributed by atoms with E-state index >= 15 is 0 Å². The minimum absolute atomic E-state index is 0.0295. The molecule has 0 bridgehead atoms. The Morgan fingerprint density at radius 3 is 2.65 bits per heavy atom.